The van der Waals surface area contributed by atoms with Gasteiger partial charge in [-0.2, -0.15) is 0 Å². The first-order valence-electron chi connectivity index (χ1n) is 34.7. The van der Waals surface area contributed by atoms with Crippen molar-refractivity contribution in [1.82, 2.24) is 4.98 Å². The van der Waals surface area contributed by atoms with Crippen LogP contribution >= 0.6 is 0 Å². The van der Waals surface area contributed by atoms with Crippen LogP contribution in [-0.2, 0) is 77.0 Å². The Bertz CT molecular complexity index is 3250. The lowest BCUT2D eigenvalue weighted by atomic mass is 9.88. The number of oxazole rings is 1. The average Bonchev–Trinajstić information content (AvgIpc) is 1.89. The van der Waals surface area contributed by atoms with Gasteiger partial charge < -0.3 is 4.42 Å². The van der Waals surface area contributed by atoms with E-state index in [0.29, 0.717) is 0 Å². The third-order valence-electron chi connectivity index (χ3n) is 18.2. The van der Waals surface area contributed by atoms with Crippen LogP contribution in [0.4, 0.5) is 11.4 Å². The molecule has 0 unspecified atom stereocenters. The Morgan fingerprint density at radius 3 is 0.828 bits per heavy atom. The first-order valence-corrected chi connectivity index (χ1v) is 34.7. The van der Waals surface area contributed by atoms with Crippen molar-refractivity contribution in [3.63, 3.8) is 0 Å². The normalized spacial score (nSPS) is 14.2. The van der Waals surface area contributed by atoms with Gasteiger partial charge in [-0.05, 0) is 232 Å². The second kappa shape index (κ2) is 40.7. The van der Waals surface area contributed by atoms with Gasteiger partial charge in [0.15, 0.2) is 6.39 Å². The second-order valence-electron chi connectivity index (χ2n) is 25.1. The number of nitrogens with zero attached hydrogens (tertiary/aromatic N) is 3. The summed E-state index contributed by atoms with van der Waals surface area (Å²) in [6, 6.07) is 60.2. The molecule has 0 N–H and O–H groups in total. The molecule has 0 atom stereocenters. The van der Waals surface area contributed by atoms with Crippen LogP contribution in [0.25, 0.3) is 0 Å². The van der Waals surface area contributed by atoms with E-state index in [-0.39, 0.29) is 0 Å². The van der Waals surface area contributed by atoms with Crippen LogP contribution < -0.4 is 0 Å². The first kappa shape index (κ1) is 75.5. The van der Waals surface area contributed by atoms with Crippen LogP contribution in [0.3, 0.4) is 0 Å². The SMILES string of the molecule is CC.CC.CC1=C(C)Cc2ccccc2C1.CC1=C(C)Cc2ccccc2C1.CC1=C(C)Cc2ccccc2C1.CC1=C(C)Cc2ccccc2C1.CC1=C(C)Cc2ccccc2C1.CCC1=Nc2ccccc2C1.CCC=Nc1ccccc1C.CCc1cnco1. The molecule has 0 amide bonds. The van der Waals surface area contributed by atoms with Crippen molar-refractivity contribution in [1.29, 1.82) is 0 Å². The number of hydrogen-bond donors (Lipinski definition) is 0. The third kappa shape index (κ3) is 24.3. The Kier molecular flexibility index (Phi) is 33.0. The van der Waals surface area contributed by atoms with Crippen molar-refractivity contribution < 1.29 is 4.42 Å². The lowest BCUT2D eigenvalue weighted by Crippen LogP contribution is -2.04. The van der Waals surface area contributed by atoms with E-state index in [1.165, 1.54) is 84.6 Å². The molecule has 0 fully saturated rings. The molecule has 4 nitrogen and oxygen atoms in total. The van der Waals surface area contributed by atoms with E-state index in [0.717, 1.165) is 101 Å². The summed E-state index contributed by atoms with van der Waals surface area (Å²) in [6.07, 6.45) is 20.7. The highest BCUT2D eigenvalue weighted by Gasteiger charge is 2.16. The van der Waals surface area contributed by atoms with Crippen LogP contribution in [0, 0.1) is 6.92 Å². The van der Waals surface area contributed by atoms with Gasteiger partial charge >= 0.3 is 0 Å². The monoisotopic (exact) mass is 1240 g/mol. The van der Waals surface area contributed by atoms with E-state index in [1.54, 1.807) is 61.9 Å². The lowest BCUT2D eigenvalue weighted by Gasteiger charge is -2.18. The summed E-state index contributed by atoms with van der Waals surface area (Å²) >= 11 is 0. The topological polar surface area (TPSA) is 50.8 Å². The maximum absolute atomic E-state index is 4.87. The number of allylic oxidation sites excluding steroid dienone is 10. The number of para-hydroxylation sites is 2. The minimum absolute atomic E-state index is 0.931. The Labute approximate surface area is 564 Å². The molecule has 490 valence electrons. The lowest BCUT2D eigenvalue weighted by molar-refractivity contribution is 0.510. The molecule has 0 saturated heterocycles. The number of aryl methyl sites for hydroxylation is 2. The second-order valence-corrected chi connectivity index (χ2v) is 25.1. The minimum Gasteiger partial charge on any atom is -0.449 e. The van der Waals surface area contributed by atoms with Gasteiger partial charge in [-0.25, -0.2) is 4.98 Å². The van der Waals surface area contributed by atoms with Crippen LogP contribution in [-0.4, -0.2) is 16.9 Å². The molecule has 93 heavy (non-hydrogen) atoms. The van der Waals surface area contributed by atoms with Gasteiger partial charge in [-0.3, -0.25) is 9.98 Å². The summed E-state index contributed by atoms with van der Waals surface area (Å²) < 4.78 is 4.87. The molecular formula is C89H113N3O. The standard InChI is InChI=1S/5C12H14.C10H11N.C10H13N.C5H7NO.2C2H6/c5*1-9-7-11-5-3-4-6-12(11)8-10(9)2;1-2-9-7-8-5-3-4-6-10(8)11-9;1-3-8-11-10-7-5-4-6-9(10)2;1-2-5-3-6-4-7-5;2*1-2/h5*3-6H,7-8H2,1-2H3;3-6H,2,7H2,1H3;4-8H,3H2,1-2H3;3-4H,2H2,1H3;2*1-2H3. The highest BCUT2D eigenvalue weighted by atomic mass is 16.3. The van der Waals surface area contributed by atoms with Gasteiger partial charge in [0, 0.05) is 24.8 Å². The zero-order valence-electron chi connectivity index (χ0n) is 60.5. The zero-order chi connectivity index (χ0) is 67.7. The number of hydrogen-bond acceptors (Lipinski definition) is 4. The number of aromatic nitrogens is 1. The van der Waals surface area contributed by atoms with Crippen molar-refractivity contribution in [3.05, 3.63) is 311 Å². The third-order valence-corrected chi connectivity index (χ3v) is 18.2. The van der Waals surface area contributed by atoms with Crippen molar-refractivity contribution in [3.8, 4) is 0 Å². The smallest absolute Gasteiger partial charge is 0.180 e. The average molecular weight is 1240 g/mol. The Hall–Kier alpha value is -8.21. The van der Waals surface area contributed by atoms with E-state index >= 15 is 0 Å². The molecule has 7 aromatic carbocycles. The minimum atomic E-state index is 0.931. The van der Waals surface area contributed by atoms with Crippen molar-refractivity contribution >= 4 is 23.3 Å². The van der Waals surface area contributed by atoms with E-state index in [4.69, 9.17) is 4.42 Å². The van der Waals surface area contributed by atoms with E-state index in [9.17, 15) is 0 Å². The fourth-order valence-electron chi connectivity index (χ4n) is 11.6. The van der Waals surface area contributed by atoms with Crippen molar-refractivity contribution in [2.75, 3.05) is 0 Å². The zero-order valence-corrected chi connectivity index (χ0v) is 60.5. The molecule has 2 heterocycles. The van der Waals surface area contributed by atoms with E-state index in [1.807, 2.05) is 65.1 Å². The maximum atomic E-state index is 4.87. The van der Waals surface area contributed by atoms with E-state index < -0.39 is 0 Å². The predicted octanol–water partition coefficient (Wildman–Crippen LogP) is 24.7. The van der Waals surface area contributed by atoms with Gasteiger partial charge in [-0.1, -0.05) is 262 Å². The summed E-state index contributed by atoms with van der Waals surface area (Å²) in [5.41, 5.74) is 36.8. The molecule has 8 aromatic rings. The predicted molar refractivity (Wildman–Crippen MR) is 407 cm³/mol. The fourth-order valence-corrected chi connectivity index (χ4v) is 11.6. The Morgan fingerprint density at radius 2 is 0.602 bits per heavy atom. The number of rotatable bonds is 4. The summed E-state index contributed by atoms with van der Waals surface area (Å²) in [4.78, 5) is 12.5. The molecule has 0 saturated carbocycles. The van der Waals surface area contributed by atoms with Crippen LogP contribution in [0.2, 0.25) is 0 Å². The van der Waals surface area contributed by atoms with Gasteiger partial charge in [0.05, 0.1) is 17.6 Å². The molecule has 6 aliphatic rings. The highest BCUT2D eigenvalue weighted by Crippen LogP contribution is 2.30. The van der Waals surface area contributed by atoms with Gasteiger partial charge in [-0.15, -0.1) is 0 Å². The first-order chi connectivity index (χ1) is 45.0. The van der Waals surface area contributed by atoms with Gasteiger partial charge in [0.25, 0.3) is 0 Å². The fraction of sp³-hybridized carbons (Fsp3) is 0.360. The van der Waals surface area contributed by atoms with Crippen molar-refractivity contribution in [2.45, 2.75) is 215 Å². The summed E-state index contributed by atoms with van der Waals surface area (Å²) in [6.45, 7) is 38.8. The van der Waals surface area contributed by atoms with E-state index in [2.05, 4.69) is 251 Å². The maximum Gasteiger partial charge on any atom is 0.180 e. The summed E-state index contributed by atoms with van der Waals surface area (Å²) in [7, 11) is 0. The molecule has 0 spiro atoms. The molecule has 14 rings (SSSR count). The van der Waals surface area contributed by atoms with Crippen LogP contribution in [0.1, 0.15) is 203 Å². The number of aliphatic imine (C=N–C) groups is 2. The van der Waals surface area contributed by atoms with Crippen LogP contribution in [0.5, 0.6) is 0 Å². The molecule has 1 aliphatic heterocycles. The Morgan fingerprint density at radius 1 is 0.333 bits per heavy atom. The Balaban J connectivity index is 0.000000192. The quantitative estimate of drug-likeness (QED) is 0.130. The molecule has 0 bridgehead atoms. The molecule has 0 radical (unpaired) electrons. The largest absolute Gasteiger partial charge is 0.449 e. The van der Waals surface area contributed by atoms with Gasteiger partial charge in [0.2, 0.25) is 0 Å². The number of fused-ring (bicyclic) bond motifs is 6. The number of benzene rings is 7. The van der Waals surface area contributed by atoms with Crippen LogP contribution in [0.15, 0.2) is 253 Å². The summed E-state index contributed by atoms with van der Waals surface area (Å²) in [5.74, 6) is 0.944. The highest BCUT2D eigenvalue weighted by molar-refractivity contribution is 5.93. The summed E-state index contributed by atoms with van der Waals surface area (Å²) in [5, 5.41) is 0. The molecule has 1 aromatic heterocycles. The van der Waals surface area contributed by atoms with Gasteiger partial charge in [0.1, 0.15) is 5.76 Å². The molecule has 5 aliphatic carbocycles. The molecular weight excluding hydrogens is 1130 g/mol. The van der Waals surface area contributed by atoms with Crippen molar-refractivity contribution in [2.24, 2.45) is 9.98 Å². The molecule has 4 heteroatoms.